The molecule has 2 aliphatic rings. The summed E-state index contributed by atoms with van der Waals surface area (Å²) < 4.78 is 41.0. The van der Waals surface area contributed by atoms with Crippen molar-refractivity contribution in [3.8, 4) is 0 Å². The molecule has 0 radical (unpaired) electrons. The lowest BCUT2D eigenvalue weighted by molar-refractivity contribution is -0.0380. The fourth-order valence-corrected chi connectivity index (χ4v) is 5.48. The van der Waals surface area contributed by atoms with Gasteiger partial charge < -0.3 is 14.4 Å². The van der Waals surface area contributed by atoms with E-state index in [0.29, 0.717) is 30.2 Å². The number of rotatable bonds is 3. The van der Waals surface area contributed by atoms with Crippen LogP contribution in [-0.4, -0.2) is 57.4 Å². The number of para-hydroxylation sites is 3. The van der Waals surface area contributed by atoms with E-state index in [1.54, 1.807) is 41.3 Å². The zero-order valence-electron chi connectivity index (χ0n) is 17.9. The van der Waals surface area contributed by atoms with Crippen molar-refractivity contribution in [3.05, 3.63) is 54.6 Å². The third kappa shape index (κ3) is 4.33. The van der Waals surface area contributed by atoms with Crippen LogP contribution in [0.25, 0.3) is 0 Å². The predicted molar refractivity (Wildman–Crippen MR) is 119 cm³/mol. The van der Waals surface area contributed by atoms with E-state index in [1.165, 1.54) is 8.61 Å². The number of nitrogens with zero attached hydrogens (tertiary/aromatic N) is 3. The van der Waals surface area contributed by atoms with Crippen molar-refractivity contribution >= 4 is 33.4 Å². The number of fused-ring (bicyclic) bond motifs is 1. The van der Waals surface area contributed by atoms with Crippen molar-refractivity contribution < 1.29 is 22.7 Å². The second-order valence-corrected chi connectivity index (χ2v) is 10.2. The van der Waals surface area contributed by atoms with Gasteiger partial charge in [-0.2, -0.15) is 8.42 Å². The van der Waals surface area contributed by atoms with Gasteiger partial charge in [-0.25, -0.2) is 13.4 Å². The summed E-state index contributed by atoms with van der Waals surface area (Å²) in [6, 6.07) is 16.2. The predicted octanol–water partition coefficient (Wildman–Crippen LogP) is 3.53. The Kier molecular flexibility index (Phi) is 5.57. The summed E-state index contributed by atoms with van der Waals surface area (Å²) in [5.41, 5.74) is 1.15. The number of benzene rings is 2. The molecule has 2 aromatic rings. The molecule has 1 unspecified atom stereocenters. The molecule has 2 aromatic carbocycles. The Balaban J connectivity index is 1.58. The van der Waals surface area contributed by atoms with Crippen LogP contribution >= 0.6 is 0 Å². The number of hydrogen-bond acceptors (Lipinski definition) is 5. The first-order chi connectivity index (χ1) is 14.7. The molecular formula is C22H27N3O5S. The highest BCUT2D eigenvalue weighted by atomic mass is 32.2. The van der Waals surface area contributed by atoms with Crippen LogP contribution in [0.15, 0.2) is 54.6 Å². The summed E-state index contributed by atoms with van der Waals surface area (Å²) >= 11 is 0. The normalized spacial score (nSPS) is 20.5. The monoisotopic (exact) mass is 445 g/mol. The van der Waals surface area contributed by atoms with Crippen molar-refractivity contribution in [3.63, 3.8) is 0 Å². The van der Waals surface area contributed by atoms with E-state index < -0.39 is 28.0 Å². The molecule has 0 saturated carbocycles. The van der Waals surface area contributed by atoms with Gasteiger partial charge in [0.2, 0.25) is 0 Å². The van der Waals surface area contributed by atoms with E-state index in [0.717, 1.165) is 0 Å². The Morgan fingerprint density at radius 3 is 2.39 bits per heavy atom. The van der Waals surface area contributed by atoms with E-state index in [1.807, 2.05) is 39.0 Å². The summed E-state index contributed by atoms with van der Waals surface area (Å²) in [6.45, 7) is 6.53. The Morgan fingerprint density at radius 2 is 1.71 bits per heavy atom. The lowest BCUT2D eigenvalue weighted by Gasteiger charge is -2.35. The largest absolute Gasteiger partial charge is 0.444 e. The minimum Gasteiger partial charge on any atom is -0.444 e. The molecular weight excluding hydrogens is 418 g/mol. The smallest absolute Gasteiger partial charge is 0.410 e. The number of carbonyl (C=O) groups excluding carboxylic acids is 1. The van der Waals surface area contributed by atoms with E-state index in [4.69, 9.17) is 9.47 Å². The molecule has 0 spiro atoms. The number of morpholine rings is 1. The molecule has 0 bridgehead atoms. The van der Waals surface area contributed by atoms with Gasteiger partial charge in [0, 0.05) is 6.54 Å². The van der Waals surface area contributed by atoms with Crippen LogP contribution in [-0.2, 0) is 19.7 Å². The third-order valence-corrected chi connectivity index (χ3v) is 6.80. The fourth-order valence-electron chi connectivity index (χ4n) is 3.73. The van der Waals surface area contributed by atoms with Crippen LogP contribution in [0.2, 0.25) is 0 Å². The Morgan fingerprint density at radius 1 is 1.06 bits per heavy atom. The minimum atomic E-state index is -3.85. The van der Waals surface area contributed by atoms with Gasteiger partial charge >= 0.3 is 16.3 Å². The lowest BCUT2D eigenvalue weighted by atomic mass is 10.2. The number of amides is 1. The lowest BCUT2D eigenvalue weighted by Crippen LogP contribution is -2.51. The molecule has 0 aromatic heterocycles. The first kappa shape index (κ1) is 21.5. The van der Waals surface area contributed by atoms with Crippen molar-refractivity contribution in [1.82, 2.24) is 4.90 Å². The second-order valence-electron chi connectivity index (χ2n) is 8.55. The molecule has 1 atom stereocenters. The van der Waals surface area contributed by atoms with Gasteiger partial charge in [-0.15, -0.1) is 0 Å². The highest BCUT2D eigenvalue weighted by Gasteiger charge is 2.43. The molecule has 1 amide bonds. The molecule has 166 valence electrons. The van der Waals surface area contributed by atoms with Crippen molar-refractivity contribution in [2.75, 3.05) is 34.9 Å². The van der Waals surface area contributed by atoms with E-state index in [9.17, 15) is 13.2 Å². The Bertz CT molecular complexity index is 1050. The SMILES string of the molecule is CC(C)(C)OC(=O)N1CCOC(CN2c3ccccc3N(c3ccccc3)S2(=O)=O)C1. The van der Waals surface area contributed by atoms with Crippen LogP contribution in [0.3, 0.4) is 0 Å². The van der Waals surface area contributed by atoms with Gasteiger partial charge in [-0.1, -0.05) is 30.3 Å². The van der Waals surface area contributed by atoms with Crippen LogP contribution in [0.4, 0.5) is 21.9 Å². The van der Waals surface area contributed by atoms with Crippen molar-refractivity contribution in [1.29, 1.82) is 0 Å². The summed E-state index contributed by atoms with van der Waals surface area (Å²) in [5, 5.41) is 0. The topological polar surface area (TPSA) is 79.4 Å². The number of ether oxygens (including phenoxy) is 2. The molecule has 0 N–H and O–H groups in total. The average molecular weight is 446 g/mol. The maximum Gasteiger partial charge on any atom is 0.410 e. The first-order valence-electron chi connectivity index (χ1n) is 10.2. The highest BCUT2D eigenvalue weighted by molar-refractivity contribution is 7.95. The van der Waals surface area contributed by atoms with Gasteiger partial charge in [-0.05, 0) is 45.0 Å². The second kappa shape index (κ2) is 8.05. The zero-order chi connectivity index (χ0) is 22.2. The Labute approximate surface area is 183 Å². The molecule has 8 nitrogen and oxygen atoms in total. The van der Waals surface area contributed by atoms with Crippen LogP contribution in [0.5, 0.6) is 0 Å². The maximum absolute atomic E-state index is 13.5. The van der Waals surface area contributed by atoms with E-state index in [-0.39, 0.29) is 13.1 Å². The van der Waals surface area contributed by atoms with Gasteiger partial charge in [0.05, 0.1) is 42.9 Å². The summed E-state index contributed by atoms with van der Waals surface area (Å²) in [7, 11) is -3.85. The standard InChI is InChI=1S/C22H27N3O5S/c1-22(2,3)30-21(26)23-13-14-29-18(15-23)16-24-19-11-7-8-12-20(19)25(31(24,27)28)17-9-5-4-6-10-17/h4-12,18H,13-16H2,1-3H3. The first-order valence-corrected chi connectivity index (χ1v) is 11.6. The summed E-state index contributed by atoms with van der Waals surface area (Å²) in [5.74, 6) is 0. The van der Waals surface area contributed by atoms with Crippen molar-refractivity contribution in [2.24, 2.45) is 0 Å². The number of carbonyl (C=O) groups is 1. The molecule has 2 aliphatic heterocycles. The van der Waals surface area contributed by atoms with Crippen molar-refractivity contribution in [2.45, 2.75) is 32.5 Å². The average Bonchev–Trinajstić information content (AvgIpc) is 2.94. The molecule has 31 heavy (non-hydrogen) atoms. The van der Waals surface area contributed by atoms with E-state index in [2.05, 4.69) is 0 Å². The van der Waals surface area contributed by atoms with Gasteiger partial charge in [-0.3, -0.25) is 0 Å². The molecule has 4 rings (SSSR count). The molecule has 0 aliphatic carbocycles. The summed E-state index contributed by atoms with van der Waals surface area (Å²) in [4.78, 5) is 14.0. The van der Waals surface area contributed by atoms with Crippen LogP contribution in [0.1, 0.15) is 20.8 Å². The van der Waals surface area contributed by atoms with E-state index >= 15 is 0 Å². The quantitative estimate of drug-likeness (QED) is 0.722. The van der Waals surface area contributed by atoms with Gasteiger partial charge in [0.1, 0.15) is 5.60 Å². The van der Waals surface area contributed by atoms with Crippen LogP contribution in [0, 0.1) is 0 Å². The minimum absolute atomic E-state index is 0.0992. The summed E-state index contributed by atoms with van der Waals surface area (Å²) in [6.07, 6.45) is -0.892. The van der Waals surface area contributed by atoms with Gasteiger partial charge in [0.25, 0.3) is 0 Å². The maximum atomic E-state index is 13.5. The number of hydrogen-bond donors (Lipinski definition) is 0. The van der Waals surface area contributed by atoms with Gasteiger partial charge in [0.15, 0.2) is 0 Å². The highest BCUT2D eigenvalue weighted by Crippen LogP contribution is 2.45. The number of anilines is 3. The third-order valence-electron chi connectivity index (χ3n) is 5.03. The molecule has 1 fully saturated rings. The fraction of sp³-hybridized carbons (Fsp3) is 0.409. The molecule has 9 heteroatoms. The Hall–Kier alpha value is -2.78. The van der Waals surface area contributed by atoms with Crippen LogP contribution < -0.4 is 8.61 Å². The molecule has 1 saturated heterocycles. The molecule has 2 heterocycles. The zero-order valence-corrected chi connectivity index (χ0v) is 18.7.